The number of rotatable bonds is 3. The normalized spacial score (nSPS) is 33.0. The molecule has 0 aromatic rings. The topological polar surface area (TPSA) is 54.5 Å². The van der Waals surface area contributed by atoms with Crippen molar-refractivity contribution < 1.29 is 14.4 Å². The molecule has 4 nitrogen and oxygen atoms in total. The summed E-state index contributed by atoms with van der Waals surface area (Å²) in [7, 11) is 0. The number of carbonyl (C=O) groups excluding carboxylic acids is 3. The molecule has 2 fully saturated rings. The van der Waals surface area contributed by atoms with Crippen LogP contribution in [0.5, 0.6) is 0 Å². The maximum Gasteiger partial charge on any atom is 0.242 e. The van der Waals surface area contributed by atoms with Crippen molar-refractivity contribution in [1.82, 2.24) is 4.90 Å². The van der Waals surface area contributed by atoms with Gasteiger partial charge in [-0.05, 0) is 38.5 Å². The summed E-state index contributed by atoms with van der Waals surface area (Å²) >= 11 is 2.04. The molecule has 1 heterocycles. The van der Waals surface area contributed by atoms with Crippen molar-refractivity contribution in [3.05, 3.63) is 0 Å². The molecule has 1 aliphatic carbocycles. The van der Waals surface area contributed by atoms with Crippen molar-refractivity contribution in [2.24, 2.45) is 11.8 Å². The molecule has 0 radical (unpaired) electrons. The molecular formula is C13H18INO3. The van der Waals surface area contributed by atoms with Gasteiger partial charge in [0.1, 0.15) is 5.78 Å². The summed E-state index contributed by atoms with van der Waals surface area (Å²) in [6.45, 7) is 2.21. The van der Waals surface area contributed by atoms with Crippen molar-refractivity contribution in [2.75, 3.05) is 6.54 Å². The number of nitrogens with zero attached hydrogens (tertiary/aromatic N) is 1. The first-order valence-corrected chi connectivity index (χ1v) is 7.72. The van der Waals surface area contributed by atoms with Gasteiger partial charge in [0.15, 0.2) is 0 Å². The maximum atomic E-state index is 11.8. The molecule has 0 unspecified atom stereocenters. The Hall–Kier alpha value is -0.460. The molecule has 1 saturated carbocycles. The van der Waals surface area contributed by atoms with E-state index >= 15 is 0 Å². The number of carbonyl (C=O) groups is 3. The first-order valence-electron chi connectivity index (χ1n) is 6.47. The Balaban J connectivity index is 1.87. The fourth-order valence-electron chi connectivity index (χ4n) is 2.84. The molecule has 0 N–H and O–H groups in total. The largest absolute Gasteiger partial charge is 0.300 e. The van der Waals surface area contributed by atoms with E-state index in [1.54, 1.807) is 6.92 Å². The lowest BCUT2D eigenvalue weighted by atomic mass is 9.80. The van der Waals surface area contributed by atoms with Crippen molar-refractivity contribution >= 4 is 40.2 Å². The van der Waals surface area contributed by atoms with Gasteiger partial charge < -0.3 is 0 Å². The monoisotopic (exact) mass is 363 g/mol. The van der Waals surface area contributed by atoms with E-state index in [1.807, 2.05) is 22.6 Å². The SMILES string of the molecule is CC(=O)[C@H]1CC[C@H](CN2C(=O)C[C@@H](I)C2=O)CC1. The average Bonchev–Trinajstić information content (AvgIpc) is 2.57. The zero-order valence-electron chi connectivity index (χ0n) is 10.5. The van der Waals surface area contributed by atoms with Gasteiger partial charge in [0.2, 0.25) is 11.8 Å². The number of imide groups is 1. The lowest BCUT2D eigenvalue weighted by Gasteiger charge is -2.29. The number of likely N-dealkylation sites (tertiary alicyclic amines) is 1. The third-order valence-electron chi connectivity index (χ3n) is 4.05. The van der Waals surface area contributed by atoms with E-state index < -0.39 is 0 Å². The Bertz CT molecular complexity index is 374. The standard InChI is InChI=1S/C13H18INO3/c1-8(16)10-4-2-9(3-5-10)7-15-12(17)6-11(14)13(15)18/h9-11H,2-7H2,1H3/t9-,10-,11-/m1/s1. The van der Waals surface area contributed by atoms with Gasteiger partial charge in [-0.1, -0.05) is 22.6 Å². The van der Waals surface area contributed by atoms with Crippen LogP contribution >= 0.6 is 22.6 Å². The summed E-state index contributed by atoms with van der Waals surface area (Å²) in [5.74, 6) is 0.787. The summed E-state index contributed by atoms with van der Waals surface area (Å²) in [6.07, 6.45) is 4.07. The fraction of sp³-hybridized carbons (Fsp3) is 0.769. The van der Waals surface area contributed by atoms with Gasteiger partial charge in [-0.25, -0.2) is 0 Å². The molecule has 2 aliphatic rings. The fourth-order valence-corrected chi connectivity index (χ4v) is 3.56. The van der Waals surface area contributed by atoms with E-state index in [0.29, 0.717) is 18.9 Å². The number of alkyl halides is 1. The molecule has 0 bridgehead atoms. The van der Waals surface area contributed by atoms with Gasteiger partial charge in [0, 0.05) is 18.9 Å². The Labute approximate surface area is 121 Å². The third-order valence-corrected chi connectivity index (χ3v) is 5.02. The van der Waals surface area contributed by atoms with Crippen LogP contribution in [0.15, 0.2) is 0 Å². The van der Waals surface area contributed by atoms with Gasteiger partial charge in [-0.2, -0.15) is 0 Å². The number of amides is 2. The van der Waals surface area contributed by atoms with Crippen LogP contribution in [0.25, 0.3) is 0 Å². The molecule has 18 heavy (non-hydrogen) atoms. The lowest BCUT2D eigenvalue weighted by Crippen LogP contribution is -2.37. The number of ketones is 1. The van der Waals surface area contributed by atoms with Crippen LogP contribution in [-0.4, -0.2) is 33.0 Å². The zero-order chi connectivity index (χ0) is 13.3. The number of hydrogen-bond donors (Lipinski definition) is 0. The van der Waals surface area contributed by atoms with Crippen molar-refractivity contribution in [3.8, 4) is 0 Å². The van der Waals surface area contributed by atoms with Gasteiger partial charge in [-0.15, -0.1) is 0 Å². The van der Waals surface area contributed by atoms with Crippen LogP contribution in [-0.2, 0) is 14.4 Å². The highest BCUT2D eigenvalue weighted by Crippen LogP contribution is 2.31. The Morgan fingerprint density at radius 2 is 1.89 bits per heavy atom. The van der Waals surface area contributed by atoms with E-state index in [-0.39, 0.29) is 27.4 Å². The smallest absolute Gasteiger partial charge is 0.242 e. The summed E-state index contributed by atoms with van der Waals surface area (Å²) in [6, 6.07) is 0. The molecule has 5 heteroatoms. The highest BCUT2D eigenvalue weighted by atomic mass is 127. The van der Waals surface area contributed by atoms with E-state index in [2.05, 4.69) is 0 Å². The summed E-state index contributed by atoms with van der Waals surface area (Å²) in [5.41, 5.74) is 0. The average molecular weight is 363 g/mol. The summed E-state index contributed by atoms with van der Waals surface area (Å²) < 4.78 is -0.177. The molecule has 1 atom stereocenters. The second-order valence-corrected chi connectivity index (χ2v) is 6.85. The van der Waals surface area contributed by atoms with E-state index in [1.165, 1.54) is 4.90 Å². The summed E-state index contributed by atoms with van der Waals surface area (Å²) in [4.78, 5) is 36.2. The van der Waals surface area contributed by atoms with Crippen LogP contribution in [0.4, 0.5) is 0 Å². The van der Waals surface area contributed by atoms with Crippen LogP contribution < -0.4 is 0 Å². The Morgan fingerprint density at radius 1 is 1.28 bits per heavy atom. The Morgan fingerprint density at radius 3 is 2.33 bits per heavy atom. The van der Waals surface area contributed by atoms with E-state index in [9.17, 15) is 14.4 Å². The number of halogens is 1. The van der Waals surface area contributed by atoms with Gasteiger partial charge in [0.25, 0.3) is 0 Å². The molecule has 2 amide bonds. The molecule has 100 valence electrons. The molecule has 2 rings (SSSR count). The second-order valence-electron chi connectivity index (χ2n) is 5.34. The minimum Gasteiger partial charge on any atom is -0.300 e. The second kappa shape index (κ2) is 5.67. The van der Waals surface area contributed by atoms with Crippen LogP contribution in [0.3, 0.4) is 0 Å². The quantitative estimate of drug-likeness (QED) is 0.438. The number of hydrogen-bond acceptors (Lipinski definition) is 3. The minimum absolute atomic E-state index is 0.0331. The van der Waals surface area contributed by atoms with Crippen molar-refractivity contribution in [1.29, 1.82) is 0 Å². The summed E-state index contributed by atoms with van der Waals surface area (Å²) in [5, 5.41) is 0. The first kappa shape index (κ1) is 14.0. The van der Waals surface area contributed by atoms with Gasteiger partial charge in [0.05, 0.1) is 3.92 Å². The van der Waals surface area contributed by atoms with Crippen LogP contribution in [0.1, 0.15) is 39.0 Å². The number of Topliss-reactive ketones (excluding diaryl/α,β-unsaturated/α-hetero) is 1. The predicted molar refractivity (Wildman–Crippen MR) is 75.3 cm³/mol. The van der Waals surface area contributed by atoms with Gasteiger partial charge >= 0.3 is 0 Å². The highest BCUT2D eigenvalue weighted by Gasteiger charge is 2.38. The van der Waals surface area contributed by atoms with Crippen LogP contribution in [0.2, 0.25) is 0 Å². The molecule has 0 aromatic heterocycles. The third kappa shape index (κ3) is 2.92. The molecule has 0 spiro atoms. The lowest BCUT2D eigenvalue weighted by molar-refractivity contribution is -0.139. The predicted octanol–water partition coefficient (Wildman–Crippen LogP) is 1.94. The van der Waals surface area contributed by atoms with E-state index in [4.69, 9.17) is 0 Å². The first-order chi connectivity index (χ1) is 8.49. The van der Waals surface area contributed by atoms with Crippen molar-refractivity contribution in [3.63, 3.8) is 0 Å². The maximum absolute atomic E-state index is 11.8. The Kier molecular flexibility index (Phi) is 4.40. The van der Waals surface area contributed by atoms with Gasteiger partial charge in [-0.3, -0.25) is 19.3 Å². The zero-order valence-corrected chi connectivity index (χ0v) is 12.7. The van der Waals surface area contributed by atoms with E-state index in [0.717, 1.165) is 25.7 Å². The van der Waals surface area contributed by atoms with Crippen LogP contribution in [0, 0.1) is 11.8 Å². The molecular weight excluding hydrogens is 345 g/mol. The van der Waals surface area contributed by atoms with Crippen molar-refractivity contribution in [2.45, 2.75) is 43.0 Å². The highest BCUT2D eigenvalue weighted by molar-refractivity contribution is 14.1. The molecule has 1 saturated heterocycles. The minimum atomic E-state index is -0.177. The molecule has 1 aliphatic heterocycles. The molecule has 0 aromatic carbocycles.